The molecule has 1 aliphatic heterocycles. The molecule has 1 fully saturated rings. The number of aryl methyl sites for hydroxylation is 1. The highest BCUT2D eigenvalue weighted by Gasteiger charge is 2.22. The van der Waals surface area contributed by atoms with Gasteiger partial charge in [0, 0.05) is 36.8 Å². The van der Waals surface area contributed by atoms with Gasteiger partial charge in [-0.25, -0.2) is 4.98 Å². The van der Waals surface area contributed by atoms with Crippen molar-refractivity contribution >= 4 is 28.1 Å². The van der Waals surface area contributed by atoms with Gasteiger partial charge in [-0.1, -0.05) is 17.7 Å². The fraction of sp³-hybridized carbons (Fsp3) is 0.500. The summed E-state index contributed by atoms with van der Waals surface area (Å²) in [4.78, 5) is 6.78. The Kier molecular flexibility index (Phi) is 5.64. The van der Waals surface area contributed by atoms with Crippen molar-refractivity contribution < 1.29 is 4.74 Å². The van der Waals surface area contributed by atoms with E-state index in [-0.39, 0.29) is 6.04 Å². The second kappa shape index (κ2) is 7.72. The SMILES string of the molecule is COc1c(C)cc(C(C)NC2CCN(c3nccs3)CC2)cc1Cl. The number of halogens is 1. The number of hydrogen-bond donors (Lipinski definition) is 1. The monoisotopic (exact) mass is 365 g/mol. The minimum absolute atomic E-state index is 0.267. The fourth-order valence-corrected chi connectivity index (χ4v) is 4.37. The first kappa shape index (κ1) is 17.5. The maximum Gasteiger partial charge on any atom is 0.185 e. The van der Waals surface area contributed by atoms with Gasteiger partial charge in [0.15, 0.2) is 5.13 Å². The first-order valence-electron chi connectivity index (χ1n) is 8.33. The molecule has 130 valence electrons. The predicted molar refractivity (Wildman–Crippen MR) is 102 cm³/mol. The van der Waals surface area contributed by atoms with E-state index < -0.39 is 0 Å². The van der Waals surface area contributed by atoms with Gasteiger partial charge in [-0.15, -0.1) is 11.3 Å². The molecule has 1 aromatic carbocycles. The van der Waals surface area contributed by atoms with Crippen molar-refractivity contribution in [2.75, 3.05) is 25.1 Å². The molecule has 0 aliphatic carbocycles. The van der Waals surface area contributed by atoms with Gasteiger partial charge in [0.25, 0.3) is 0 Å². The summed E-state index contributed by atoms with van der Waals surface area (Å²) in [5.74, 6) is 0.768. The lowest BCUT2D eigenvalue weighted by atomic mass is 10.0. The Balaban J connectivity index is 1.59. The summed E-state index contributed by atoms with van der Waals surface area (Å²) in [6, 6.07) is 4.96. The highest BCUT2D eigenvalue weighted by Crippen LogP contribution is 2.32. The van der Waals surface area contributed by atoms with Gasteiger partial charge >= 0.3 is 0 Å². The summed E-state index contributed by atoms with van der Waals surface area (Å²) in [6.45, 7) is 6.35. The molecule has 0 radical (unpaired) electrons. The summed E-state index contributed by atoms with van der Waals surface area (Å²) in [6.07, 6.45) is 4.14. The zero-order chi connectivity index (χ0) is 17.1. The summed E-state index contributed by atoms with van der Waals surface area (Å²) >= 11 is 8.05. The molecule has 1 unspecified atom stereocenters. The van der Waals surface area contributed by atoms with Crippen LogP contribution in [0.4, 0.5) is 5.13 Å². The van der Waals surface area contributed by atoms with Gasteiger partial charge in [-0.2, -0.15) is 0 Å². The van der Waals surface area contributed by atoms with Gasteiger partial charge in [-0.05, 0) is 43.9 Å². The van der Waals surface area contributed by atoms with Crippen molar-refractivity contribution in [1.29, 1.82) is 0 Å². The van der Waals surface area contributed by atoms with Crippen molar-refractivity contribution in [3.63, 3.8) is 0 Å². The van der Waals surface area contributed by atoms with Crippen LogP contribution in [0.5, 0.6) is 5.75 Å². The molecule has 6 heteroatoms. The van der Waals surface area contributed by atoms with Crippen molar-refractivity contribution in [3.05, 3.63) is 39.9 Å². The first-order chi connectivity index (χ1) is 11.6. The van der Waals surface area contributed by atoms with Gasteiger partial charge in [-0.3, -0.25) is 0 Å². The highest BCUT2D eigenvalue weighted by atomic mass is 35.5. The van der Waals surface area contributed by atoms with Crippen LogP contribution in [-0.4, -0.2) is 31.2 Å². The van der Waals surface area contributed by atoms with E-state index in [9.17, 15) is 0 Å². The molecule has 24 heavy (non-hydrogen) atoms. The van der Waals surface area contributed by atoms with E-state index in [4.69, 9.17) is 16.3 Å². The van der Waals surface area contributed by atoms with Crippen LogP contribution in [0.3, 0.4) is 0 Å². The average molecular weight is 366 g/mol. The van der Waals surface area contributed by atoms with Crippen LogP contribution >= 0.6 is 22.9 Å². The molecular weight excluding hydrogens is 342 g/mol. The third kappa shape index (κ3) is 3.85. The van der Waals surface area contributed by atoms with Crippen molar-refractivity contribution in [2.45, 2.75) is 38.8 Å². The Labute approximate surface area is 152 Å². The van der Waals surface area contributed by atoms with E-state index in [1.165, 1.54) is 5.56 Å². The Morgan fingerprint density at radius 3 is 2.71 bits per heavy atom. The molecule has 0 saturated carbocycles. The minimum Gasteiger partial charge on any atom is -0.495 e. The second-order valence-electron chi connectivity index (χ2n) is 6.32. The van der Waals surface area contributed by atoms with E-state index in [0.29, 0.717) is 11.1 Å². The number of hydrogen-bond acceptors (Lipinski definition) is 5. The van der Waals surface area contributed by atoms with Gasteiger partial charge in [0.1, 0.15) is 5.75 Å². The predicted octanol–water partition coefficient (Wildman–Crippen LogP) is 4.43. The molecule has 0 amide bonds. The van der Waals surface area contributed by atoms with E-state index in [2.05, 4.69) is 28.2 Å². The maximum absolute atomic E-state index is 6.33. The van der Waals surface area contributed by atoms with Crippen molar-refractivity contribution in [1.82, 2.24) is 10.3 Å². The zero-order valence-corrected chi connectivity index (χ0v) is 16.0. The van der Waals surface area contributed by atoms with Gasteiger partial charge < -0.3 is 15.0 Å². The number of methoxy groups -OCH3 is 1. The van der Waals surface area contributed by atoms with Crippen LogP contribution < -0.4 is 15.0 Å². The summed E-state index contributed by atoms with van der Waals surface area (Å²) < 4.78 is 5.34. The average Bonchev–Trinajstić information content (AvgIpc) is 3.09. The molecule has 0 spiro atoms. The lowest BCUT2D eigenvalue weighted by Crippen LogP contribution is -2.43. The first-order valence-corrected chi connectivity index (χ1v) is 9.58. The molecule has 4 nitrogen and oxygen atoms in total. The van der Waals surface area contributed by atoms with E-state index in [1.807, 2.05) is 24.6 Å². The Hall–Kier alpha value is -1.30. The standard InChI is InChI=1S/C18H24ClN3OS/c1-12-10-14(11-16(19)17(12)23-3)13(2)21-15-4-7-22(8-5-15)18-20-6-9-24-18/h6,9-11,13,15,21H,4-5,7-8H2,1-3H3. The topological polar surface area (TPSA) is 37.4 Å². The highest BCUT2D eigenvalue weighted by molar-refractivity contribution is 7.13. The molecule has 1 aromatic heterocycles. The molecule has 2 heterocycles. The number of nitrogens with zero attached hydrogens (tertiary/aromatic N) is 2. The number of piperidine rings is 1. The zero-order valence-electron chi connectivity index (χ0n) is 14.4. The van der Waals surface area contributed by atoms with Crippen LogP contribution in [0.2, 0.25) is 5.02 Å². The van der Waals surface area contributed by atoms with E-state index in [0.717, 1.165) is 42.4 Å². The summed E-state index contributed by atoms with van der Waals surface area (Å²) in [5, 5.41) is 7.61. The van der Waals surface area contributed by atoms with Crippen LogP contribution in [0.25, 0.3) is 0 Å². The number of benzene rings is 1. The largest absolute Gasteiger partial charge is 0.495 e. The van der Waals surface area contributed by atoms with Crippen molar-refractivity contribution in [2.24, 2.45) is 0 Å². The number of rotatable bonds is 5. The maximum atomic E-state index is 6.33. The molecular formula is C18H24ClN3OS. The third-order valence-corrected chi connectivity index (χ3v) is 5.74. The van der Waals surface area contributed by atoms with E-state index in [1.54, 1.807) is 18.4 Å². The molecule has 0 bridgehead atoms. The molecule has 1 aliphatic rings. The smallest absolute Gasteiger partial charge is 0.185 e. The minimum atomic E-state index is 0.267. The number of aromatic nitrogens is 1. The fourth-order valence-electron chi connectivity index (χ4n) is 3.33. The van der Waals surface area contributed by atoms with Gasteiger partial charge in [0.05, 0.1) is 12.1 Å². The number of ether oxygens (including phenoxy) is 1. The van der Waals surface area contributed by atoms with Crippen LogP contribution in [-0.2, 0) is 0 Å². The van der Waals surface area contributed by atoms with Crippen molar-refractivity contribution in [3.8, 4) is 5.75 Å². The summed E-state index contributed by atoms with van der Waals surface area (Å²) in [5.41, 5.74) is 2.29. The molecule has 1 atom stereocenters. The number of thiazole rings is 1. The molecule has 1 saturated heterocycles. The third-order valence-electron chi connectivity index (χ3n) is 4.63. The summed E-state index contributed by atoms with van der Waals surface area (Å²) in [7, 11) is 1.66. The normalized spacial score (nSPS) is 17.1. The lowest BCUT2D eigenvalue weighted by Gasteiger charge is -2.34. The Morgan fingerprint density at radius 1 is 1.38 bits per heavy atom. The number of anilines is 1. The molecule has 1 N–H and O–H groups in total. The van der Waals surface area contributed by atoms with Crippen LogP contribution in [0.1, 0.15) is 36.9 Å². The lowest BCUT2D eigenvalue weighted by molar-refractivity contribution is 0.380. The Bertz CT molecular complexity index is 646. The van der Waals surface area contributed by atoms with Gasteiger partial charge in [0.2, 0.25) is 0 Å². The molecule has 3 rings (SSSR count). The van der Waals surface area contributed by atoms with Crippen LogP contribution in [0, 0.1) is 6.92 Å². The quantitative estimate of drug-likeness (QED) is 0.850. The number of nitrogens with one attached hydrogen (secondary N) is 1. The van der Waals surface area contributed by atoms with E-state index >= 15 is 0 Å². The molecule has 2 aromatic rings. The van der Waals surface area contributed by atoms with Crippen LogP contribution in [0.15, 0.2) is 23.7 Å². The second-order valence-corrected chi connectivity index (χ2v) is 7.60. The Morgan fingerprint density at radius 2 is 2.12 bits per heavy atom.